The summed E-state index contributed by atoms with van der Waals surface area (Å²) in [6, 6.07) is 6.08. The van der Waals surface area contributed by atoms with E-state index in [0.717, 1.165) is 5.69 Å². The number of aromatic nitrogens is 1. The number of hydrazine groups is 1. The molecular weight excluding hydrogens is 202 g/mol. The summed E-state index contributed by atoms with van der Waals surface area (Å²) >= 11 is 3.12. The Bertz CT molecular complexity index is 307. The van der Waals surface area contributed by atoms with E-state index in [1.165, 1.54) is 16.4 Å². The zero-order valence-electron chi connectivity index (χ0n) is 6.81. The number of hydrogen-bond acceptors (Lipinski definition) is 5. The monoisotopic (exact) mass is 211 g/mol. The van der Waals surface area contributed by atoms with Crippen molar-refractivity contribution in [3.63, 3.8) is 0 Å². The van der Waals surface area contributed by atoms with Gasteiger partial charge < -0.3 is 0 Å². The zero-order chi connectivity index (χ0) is 9.10. The van der Waals surface area contributed by atoms with Gasteiger partial charge in [0, 0.05) is 10.3 Å². The third kappa shape index (κ3) is 1.78. The first-order chi connectivity index (χ1) is 6.42. The minimum Gasteiger partial charge on any atom is -0.270 e. The average Bonchev–Trinajstić information content (AvgIpc) is 2.76. The Kier molecular flexibility index (Phi) is 2.70. The molecule has 0 spiro atoms. The van der Waals surface area contributed by atoms with Crippen molar-refractivity contribution < 1.29 is 0 Å². The number of nitrogens with zero attached hydrogens (tertiary/aromatic N) is 1. The molecule has 1 unspecified atom stereocenters. The molecule has 3 N–H and O–H groups in total. The molecule has 0 bridgehead atoms. The van der Waals surface area contributed by atoms with Crippen LogP contribution in [0.25, 0.3) is 0 Å². The maximum Gasteiger partial charge on any atom is 0.0983 e. The summed E-state index contributed by atoms with van der Waals surface area (Å²) in [6.07, 6.45) is 0. The van der Waals surface area contributed by atoms with Crippen molar-refractivity contribution in [3.8, 4) is 0 Å². The van der Waals surface area contributed by atoms with E-state index >= 15 is 0 Å². The lowest BCUT2D eigenvalue weighted by molar-refractivity contribution is 0.636. The van der Waals surface area contributed by atoms with Gasteiger partial charge in [0.05, 0.1) is 11.7 Å². The third-order valence-corrected chi connectivity index (χ3v) is 3.26. The van der Waals surface area contributed by atoms with Gasteiger partial charge in [-0.05, 0) is 29.0 Å². The molecule has 0 amide bonds. The van der Waals surface area contributed by atoms with E-state index in [1.54, 1.807) is 11.3 Å². The minimum absolute atomic E-state index is 0.0336. The fourth-order valence-electron chi connectivity index (χ4n) is 1.14. The van der Waals surface area contributed by atoms with Gasteiger partial charge in [-0.25, -0.2) is 5.43 Å². The van der Waals surface area contributed by atoms with Gasteiger partial charge in [0.1, 0.15) is 0 Å². The molecule has 0 saturated carbocycles. The lowest BCUT2D eigenvalue weighted by Gasteiger charge is -2.10. The van der Waals surface area contributed by atoms with Crippen LogP contribution < -0.4 is 11.3 Å². The zero-order valence-corrected chi connectivity index (χ0v) is 8.44. The van der Waals surface area contributed by atoms with E-state index in [2.05, 4.69) is 15.9 Å². The van der Waals surface area contributed by atoms with Crippen LogP contribution in [0.4, 0.5) is 0 Å². The molecule has 68 valence electrons. The van der Waals surface area contributed by atoms with Crippen molar-refractivity contribution in [2.24, 2.45) is 5.84 Å². The average molecular weight is 211 g/mol. The predicted octanol–water partition coefficient (Wildman–Crippen LogP) is 1.76. The van der Waals surface area contributed by atoms with Crippen LogP contribution in [0.2, 0.25) is 0 Å². The van der Waals surface area contributed by atoms with Crippen LogP contribution in [0.15, 0.2) is 29.0 Å². The van der Waals surface area contributed by atoms with Crippen molar-refractivity contribution in [1.29, 1.82) is 0 Å². The smallest absolute Gasteiger partial charge is 0.0983 e. The molecule has 0 saturated heterocycles. The van der Waals surface area contributed by atoms with Crippen molar-refractivity contribution >= 4 is 22.9 Å². The quantitative estimate of drug-likeness (QED) is 0.601. The highest BCUT2D eigenvalue weighted by Crippen LogP contribution is 2.24. The van der Waals surface area contributed by atoms with Gasteiger partial charge in [0.2, 0.25) is 0 Å². The van der Waals surface area contributed by atoms with Crippen LogP contribution in [-0.2, 0) is 0 Å². The van der Waals surface area contributed by atoms with Gasteiger partial charge in [0.25, 0.3) is 0 Å². The topological polar surface area (TPSA) is 50.9 Å². The largest absolute Gasteiger partial charge is 0.270 e. The molecular formula is C8H9N3S2. The first-order valence-electron chi connectivity index (χ1n) is 3.81. The maximum atomic E-state index is 5.48. The Hall–Kier alpha value is -0.750. The number of nitrogens with one attached hydrogen (secondary N) is 1. The summed E-state index contributed by atoms with van der Waals surface area (Å²) in [5, 5.41) is 3.99. The Morgan fingerprint density at radius 1 is 1.38 bits per heavy atom. The van der Waals surface area contributed by atoms with E-state index in [0.29, 0.717) is 0 Å². The molecule has 2 aromatic rings. The predicted molar refractivity (Wildman–Crippen MR) is 55.6 cm³/mol. The molecule has 0 aliphatic heterocycles. The summed E-state index contributed by atoms with van der Waals surface area (Å²) in [5.74, 6) is 5.48. The first-order valence-corrected chi connectivity index (χ1v) is 5.53. The molecule has 0 aliphatic rings. The second-order valence-electron chi connectivity index (χ2n) is 2.54. The number of thiophene rings is 1. The number of rotatable bonds is 3. The Morgan fingerprint density at radius 2 is 2.31 bits per heavy atom. The van der Waals surface area contributed by atoms with Gasteiger partial charge in [-0.1, -0.05) is 6.07 Å². The second-order valence-corrected chi connectivity index (χ2v) is 4.18. The van der Waals surface area contributed by atoms with Crippen LogP contribution >= 0.6 is 22.9 Å². The van der Waals surface area contributed by atoms with Crippen LogP contribution in [0.5, 0.6) is 0 Å². The molecule has 13 heavy (non-hydrogen) atoms. The number of hydrogen-bond donors (Lipinski definition) is 2. The lowest BCUT2D eigenvalue weighted by atomic mass is 10.2. The van der Waals surface area contributed by atoms with Crippen molar-refractivity contribution in [1.82, 2.24) is 9.80 Å². The van der Waals surface area contributed by atoms with Gasteiger partial charge in [-0.2, -0.15) is 4.37 Å². The lowest BCUT2D eigenvalue weighted by Crippen LogP contribution is -2.28. The molecule has 2 aromatic heterocycles. The fraction of sp³-hybridized carbons (Fsp3) is 0.125. The summed E-state index contributed by atoms with van der Waals surface area (Å²) in [7, 11) is 0. The summed E-state index contributed by atoms with van der Waals surface area (Å²) < 4.78 is 4.25. The van der Waals surface area contributed by atoms with Gasteiger partial charge >= 0.3 is 0 Å². The van der Waals surface area contributed by atoms with Gasteiger partial charge in [-0.3, -0.25) is 5.84 Å². The highest BCUT2D eigenvalue weighted by molar-refractivity contribution is 7.10. The summed E-state index contributed by atoms with van der Waals surface area (Å²) in [4.78, 5) is 1.19. The molecule has 2 rings (SSSR count). The molecule has 3 nitrogen and oxygen atoms in total. The standard InChI is InChI=1S/C8H9N3S2/c9-10-8(6-3-5-13-11-6)7-2-1-4-12-7/h1-5,8,10H,9H2. The Balaban J connectivity index is 2.29. The van der Waals surface area contributed by atoms with E-state index in [9.17, 15) is 0 Å². The Labute approximate surface area is 84.4 Å². The molecule has 0 aliphatic carbocycles. The summed E-state index contributed by atoms with van der Waals surface area (Å²) in [6.45, 7) is 0. The molecule has 0 aromatic carbocycles. The van der Waals surface area contributed by atoms with Crippen LogP contribution in [-0.4, -0.2) is 4.37 Å². The molecule has 0 fully saturated rings. The normalized spacial score (nSPS) is 13.0. The highest BCUT2D eigenvalue weighted by Gasteiger charge is 2.14. The van der Waals surface area contributed by atoms with E-state index in [1.807, 2.05) is 22.9 Å². The van der Waals surface area contributed by atoms with Crippen LogP contribution in [0, 0.1) is 0 Å². The van der Waals surface area contributed by atoms with Crippen molar-refractivity contribution in [2.75, 3.05) is 0 Å². The van der Waals surface area contributed by atoms with Crippen LogP contribution in [0.3, 0.4) is 0 Å². The first kappa shape index (κ1) is 8.83. The van der Waals surface area contributed by atoms with E-state index in [-0.39, 0.29) is 6.04 Å². The summed E-state index contributed by atoms with van der Waals surface area (Å²) in [5.41, 5.74) is 3.74. The van der Waals surface area contributed by atoms with Gasteiger partial charge in [0.15, 0.2) is 0 Å². The SMILES string of the molecule is NNC(c1ccsn1)c1cccs1. The molecule has 0 radical (unpaired) electrons. The maximum absolute atomic E-state index is 5.48. The fourth-order valence-corrected chi connectivity index (χ4v) is 2.48. The Morgan fingerprint density at radius 3 is 2.85 bits per heavy atom. The molecule has 1 atom stereocenters. The molecule has 2 heterocycles. The van der Waals surface area contributed by atoms with Gasteiger partial charge in [-0.15, -0.1) is 11.3 Å². The third-order valence-electron chi connectivity index (χ3n) is 1.75. The van der Waals surface area contributed by atoms with E-state index < -0.39 is 0 Å². The van der Waals surface area contributed by atoms with Crippen molar-refractivity contribution in [3.05, 3.63) is 39.5 Å². The van der Waals surface area contributed by atoms with Crippen molar-refractivity contribution in [2.45, 2.75) is 6.04 Å². The molecule has 5 heteroatoms. The second kappa shape index (κ2) is 3.97. The van der Waals surface area contributed by atoms with Crippen LogP contribution in [0.1, 0.15) is 16.6 Å². The minimum atomic E-state index is 0.0336. The van der Waals surface area contributed by atoms with E-state index in [4.69, 9.17) is 5.84 Å². The number of nitrogens with two attached hydrogens (primary N) is 1. The highest BCUT2D eigenvalue weighted by atomic mass is 32.1.